The van der Waals surface area contributed by atoms with Crippen LogP contribution in [-0.2, 0) is 6.54 Å². The van der Waals surface area contributed by atoms with Gasteiger partial charge >= 0.3 is 138 Å². The number of hydrogen-bond donors (Lipinski definition) is 0. The number of aromatic nitrogens is 2. The summed E-state index contributed by atoms with van der Waals surface area (Å²) >= 11 is 0. The van der Waals surface area contributed by atoms with Crippen LogP contribution in [0, 0.1) is 18.8 Å². The second-order valence-electron chi connectivity index (χ2n) is 8.46. The molecule has 4 heteroatoms. The smallest absolute Gasteiger partial charge is 0.343 e. The van der Waals surface area contributed by atoms with E-state index >= 15 is 0 Å². The maximum absolute atomic E-state index is 4.00. The molecule has 0 fully saturated rings. The summed E-state index contributed by atoms with van der Waals surface area (Å²) in [6.07, 6.45) is 21.2. The van der Waals surface area contributed by atoms with E-state index in [2.05, 4.69) is 62.5 Å². The number of nitrogens with zero attached hydrogens (tertiary/aromatic N) is 2. The van der Waals surface area contributed by atoms with Crippen molar-refractivity contribution in [2.75, 3.05) is 0 Å². The summed E-state index contributed by atoms with van der Waals surface area (Å²) < 4.78 is 4.85. The minimum atomic E-state index is 0. The van der Waals surface area contributed by atoms with Gasteiger partial charge in [-0.05, 0) is 37.5 Å². The Hall–Kier alpha value is 3.31. The molecule has 0 bridgehead atoms. The van der Waals surface area contributed by atoms with Crippen molar-refractivity contribution in [3.05, 3.63) is 25.6 Å². The molecule has 0 aliphatic rings. The Morgan fingerprint density at radius 1 is 0.889 bits per heavy atom. The zero-order chi connectivity index (χ0) is 18.5. The molecule has 0 spiro atoms. The Morgan fingerprint density at radius 3 is 2.26 bits per heavy atom. The van der Waals surface area contributed by atoms with Crippen molar-refractivity contribution in [1.29, 1.82) is 0 Å². The predicted octanol–water partition coefficient (Wildman–Crippen LogP) is 0.762. The van der Waals surface area contributed by atoms with Gasteiger partial charge in [0.25, 0.3) is 0 Å². The maximum Gasteiger partial charge on any atom is 1.00 e. The van der Waals surface area contributed by atoms with E-state index < -0.39 is 0 Å². The summed E-state index contributed by atoms with van der Waals surface area (Å²) in [5, 5.41) is 0. The van der Waals surface area contributed by atoms with Crippen LogP contribution in [0.4, 0.5) is 0 Å². The molecule has 0 aromatic carbocycles. The molecular weight excluding hydrogens is 570 g/mol. The van der Waals surface area contributed by atoms with Crippen LogP contribution in [-0.4, -0.2) is 4.57 Å². The van der Waals surface area contributed by atoms with Gasteiger partial charge in [0.05, 0.1) is 6.54 Å². The van der Waals surface area contributed by atoms with Gasteiger partial charge in [-0.25, -0.2) is 9.13 Å². The molecule has 2 atom stereocenters. The van der Waals surface area contributed by atoms with Crippen LogP contribution in [0.1, 0.15) is 104 Å². The topological polar surface area (TPSA) is 8.81 Å². The van der Waals surface area contributed by atoms with Gasteiger partial charge in [0.1, 0.15) is 18.4 Å². The summed E-state index contributed by atoms with van der Waals surface area (Å²) in [5.74, 6) is 1.71. The van der Waals surface area contributed by atoms with E-state index in [1.165, 1.54) is 64.2 Å². The van der Waals surface area contributed by atoms with E-state index in [1.807, 2.05) is 0 Å². The number of rotatable bonds is 15. The first-order valence-electron chi connectivity index (χ1n) is 10.9. The maximum atomic E-state index is 4.00. The third-order valence-electron chi connectivity index (χ3n) is 5.41. The molecule has 2 unspecified atom stereocenters. The molecule has 0 aliphatic carbocycles. The summed E-state index contributed by atoms with van der Waals surface area (Å²) in [6.45, 7) is 14.5. The van der Waals surface area contributed by atoms with Gasteiger partial charge in [-0.2, -0.15) is 6.42 Å². The Morgan fingerprint density at radius 2 is 1.63 bits per heavy atom. The first kappa shape index (κ1) is 32.5. The molecule has 2 nitrogen and oxygen atoms in total. The Bertz CT molecular complexity index is 432. The van der Waals surface area contributed by atoms with Gasteiger partial charge in [0.2, 0.25) is 6.33 Å². The summed E-state index contributed by atoms with van der Waals surface area (Å²) in [7, 11) is 0. The quantitative estimate of drug-likeness (QED) is 0.157. The van der Waals surface area contributed by atoms with Crippen LogP contribution < -0.4 is 142 Å². The van der Waals surface area contributed by atoms with Crippen molar-refractivity contribution in [3.8, 4) is 0 Å². The largest absolute Gasteiger partial charge is 1.00 e. The van der Waals surface area contributed by atoms with Crippen molar-refractivity contribution in [3.63, 3.8) is 0 Å². The van der Waals surface area contributed by atoms with Crippen LogP contribution in [0.15, 0.2) is 18.7 Å². The molecule has 27 heavy (non-hydrogen) atoms. The van der Waals surface area contributed by atoms with Crippen molar-refractivity contribution < 1.29 is 142 Å². The molecule has 1 aromatic rings. The predicted molar refractivity (Wildman–Crippen MR) is 109 cm³/mol. The van der Waals surface area contributed by atoms with E-state index in [0.29, 0.717) is 6.04 Å². The SMILES string of the molecule is [CH2-]CCCCC(CCC(C)CCCC(C)C)n1cc[n+](CCCC)c1.[Cs+].[Cs+]. The van der Waals surface area contributed by atoms with Gasteiger partial charge in [0.15, 0.2) is 0 Å². The van der Waals surface area contributed by atoms with Gasteiger partial charge < -0.3 is 6.92 Å². The Labute approximate surface area is 288 Å². The number of unbranched alkanes of at least 4 members (excludes halogenated alkanes) is 3. The molecule has 0 aliphatic heterocycles. The molecule has 0 N–H and O–H groups in total. The van der Waals surface area contributed by atoms with Crippen molar-refractivity contribution in [2.45, 2.75) is 111 Å². The first-order chi connectivity index (χ1) is 12.1. The van der Waals surface area contributed by atoms with E-state index in [9.17, 15) is 0 Å². The van der Waals surface area contributed by atoms with Gasteiger partial charge in [-0.3, -0.25) is 0 Å². The molecule has 0 saturated heterocycles. The molecule has 146 valence electrons. The Kier molecular flexibility index (Phi) is 25.5. The minimum absolute atomic E-state index is 0. The zero-order valence-electron chi connectivity index (χ0n) is 19.6. The number of imidazole rings is 1. The molecular formula is C23H44Cs2N2+2. The van der Waals surface area contributed by atoms with E-state index in [0.717, 1.165) is 24.8 Å². The molecule has 0 saturated carbocycles. The molecule has 1 rings (SSSR count). The van der Waals surface area contributed by atoms with Gasteiger partial charge in [-0.15, -0.1) is 0 Å². The fourth-order valence-corrected chi connectivity index (χ4v) is 3.59. The van der Waals surface area contributed by atoms with E-state index in [-0.39, 0.29) is 138 Å². The zero-order valence-corrected chi connectivity index (χ0v) is 32.1. The van der Waals surface area contributed by atoms with Crippen LogP contribution in [0.3, 0.4) is 0 Å². The third-order valence-corrected chi connectivity index (χ3v) is 5.41. The number of hydrogen-bond acceptors (Lipinski definition) is 0. The summed E-state index contributed by atoms with van der Waals surface area (Å²) in [4.78, 5) is 0. The van der Waals surface area contributed by atoms with E-state index in [1.54, 1.807) is 0 Å². The average Bonchev–Trinajstić information content (AvgIpc) is 3.04. The second kappa shape index (κ2) is 21.2. The third kappa shape index (κ3) is 16.6. The van der Waals surface area contributed by atoms with Crippen LogP contribution >= 0.6 is 0 Å². The monoisotopic (exact) mass is 614 g/mol. The van der Waals surface area contributed by atoms with Crippen molar-refractivity contribution in [1.82, 2.24) is 4.57 Å². The molecule has 0 amide bonds. The molecule has 1 aromatic heterocycles. The van der Waals surface area contributed by atoms with Crippen LogP contribution in [0.5, 0.6) is 0 Å². The minimum Gasteiger partial charge on any atom is -0.343 e. The fraction of sp³-hybridized carbons (Fsp3) is 0.826. The first-order valence-corrected chi connectivity index (χ1v) is 10.9. The van der Waals surface area contributed by atoms with E-state index in [4.69, 9.17) is 0 Å². The van der Waals surface area contributed by atoms with Gasteiger partial charge in [0, 0.05) is 0 Å². The summed E-state index contributed by atoms with van der Waals surface area (Å²) in [5.41, 5.74) is 0. The Balaban J connectivity index is 0. The fourth-order valence-electron chi connectivity index (χ4n) is 3.59. The van der Waals surface area contributed by atoms with Crippen molar-refractivity contribution >= 4 is 0 Å². The molecule has 0 radical (unpaired) electrons. The van der Waals surface area contributed by atoms with Crippen LogP contribution in [0.25, 0.3) is 0 Å². The summed E-state index contributed by atoms with van der Waals surface area (Å²) in [6, 6.07) is 0.668. The average molecular weight is 614 g/mol. The molecule has 1 heterocycles. The van der Waals surface area contributed by atoms with Crippen LogP contribution in [0.2, 0.25) is 0 Å². The second-order valence-corrected chi connectivity index (χ2v) is 8.46. The van der Waals surface area contributed by atoms with Gasteiger partial charge in [-0.1, -0.05) is 66.2 Å². The van der Waals surface area contributed by atoms with Crippen molar-refractivity contribution in [2.24, 2.45) is 11.8 Å². The normalized spacial score (nSPS) is 13.1. The number of aryl methyl sites for hydroxylation is 1. The standard InChI is InChI=1S/C23H44N2.2Cs/c1-6-8-10-14-23(16-15-22(5)13-11-12-21(3)4)25-19-18-24(20-25)17-9-7-2;;/h18-23H,1,6-17H2,2-5H3;;/q;2*+1.